The van der Waals surface area contributed by atoms with Crippen LogP contribution in [0, 0.1) is 5.82 Å². The second-order valence-corrected chi connectivity index (χ2v) is 5.73. The van der Waals surface area contributed by atoms with Crippen LogP contribution in [0.4, 0.5) is 4.39 Å². The highest BCUT2D eigenvalue weighted by Crippen LogP contribution is 2.21. The quantitative estimate of drug-likeness (QED) is 0.872. The Morgan fingerprint density at radius 3 is 3.00 bits per heavy atom. The van der Waals surface area contributed by atoms with Crippen LogP contribution < -0.4 is 10.1 Å². The van der Waals surface area contributed by atoms with Crippen molar-refractivity contribution < 1.29 is 13.9 Å². The third kappa shape index (κ3) is 5.13. The van der Waals surface area contributed by atoms with Crippen LogP contribution in [-0.4, -0.2) is 43.1 Å². The van der Waals surface area contributed by atoms with Gasteiger partial charge >= 0.3 is 0 Å². The Morgan fingerprint density at radius 1 is 1.57 bits per heavy atom. The Hall–Kier alpha value is -0.850. The highest BCUT2D eigenvalue weighted by Gasteiger charge is 2.22. The molecule has 1 fully saturated rings. The molecule has 0 aromatic heterocycles. The Morgan fingerprint density at radius 2 is 2.33 bits per heavy atom. The van der Waals surface area contributed by atoms with Gasteiger partial charge in [-0.15, -0.1) is 12.4 Å². The van der Waals surface area contributed by atoms with Gasteiger partial charge in [0, 0.05) is 30.1 Å². The van der Waals surface area contributed by atoms with Crippen molar-refractivity contribution in [3.05, 3.63) is 28.5 Å². The predicted octanol–water partition coefficient (Wildman–Crippen LogP) is 2.60. The molecule has 0 spiro atoms. The Bertz CT molecular complexity index is 490. The van der Waals surface area contributed by atoms with E-state index in [0.717, 1.165) is 13.1 Å². The number of carbonyl (C=O) groups excluding carboxylic acids is 1. The van der Waals surface area contributed by atoms with Gasteiger partial charge in [0.15, 0.2) is 11.6 Å². The van der Waals surface area contributed by atoms with Gasteiger partial charge in [0.1, 0.15) is 0 Å². The van der Waals surface area contributed by atoms with Crippen molar-refractivity contribution in [2.75, 3.05) is 26.2 Å². The average Bonchev–Trinajstić information content (AvgIpc) is 2.41. The number of nitrogens with zero attached hydrogens (tertiary/aromatic N) is 1. The first-order valence-corrected chi connectivity index (χ1v) is 7.45. The van der Waals surface area contributed by atoms with Crippen LogP contribution in [0.2, 0.25) is 0 Å². The smallest absolute Gasteiger partial charge is 0.226 e. The van der Waals surface area contributed by atoms with E-state index in [2.05, 4.69) is 21.2 Å². The Balaban J connectivity index is 0.00000220. The molecule has 21 heavy (non-hydrogen) atoms. The van der Waals surface area contributed by atoms with Gasteiger partial charge in [0.05, 0.1) is 13.0 Å². The Labute approximate surface area is 138 Å². The first-order valence-electron chi connectivity index (χ1n) is 6.66. The molecule has 1 saturated heterocycles. The van der Waals surface area contributed by atoms with E-state index < -0.39 is 5.82 Å². The van der Waals surface area contributed by atoms with Crippen LogP contribution in [-0.2, 0) is 4.79 Å². The molecule has 1 aromatic carbocycles. The maximum atomic E-state index is 13.5. The van der Waals surface area contributed by atoms with E-state index in [4.69, 9.17) is 4.74 Å². The van der Waals surface area contributed by atoms with Crippen molar-refractivity contribution in [3.8, 4) is 5.75 Å². The third-order valence-electron chi connectivity index (χ3n) is 3.29. The highest BCUT2D eigenvalue weighted by molar-refractivity contribution is 9.10. The van der Waals surface area contributed by atoms with E-state index in [-0.39, 0.29) is 43.1 Å². The van der Waals surface area contributed by atoms with Crippen LogP contribution in [0.3, 0.4) is 0 Å². The normalized spacial score (nSPS) is 18.0. The lowest BCUT2D eigenvalue weighted by Gasteiger charge is -2.34. The van der Waals surface area contributed by atoms with Crippen LogP contribution in [0.15, 0.2) is 22.7 Å². The second kappa shape index (κ2) is 8.56. The lowest BCUT2D eigenvalue weighted by Crippen LogP contribution is -2.52. The van der Waals surface area contributed by atoms with Crippen LogP contribution >= 0.6 is 28.3 Å². The van der Waals surface area contributed by atoms with E-state index >= 15 is 0 Å². The van der Waals surface area contributed by atoms with Crippen molar-refractivity contribution in [1.29, 1.82) is 0 Å². The van der Waals surface area contributed by atoms with E-state index in [1.807, 2.05) is 11.8 Å². The van der Waals surface area contributed by atoms with Gasteiger partial charge in [-0.2, -0.15) is 0 Å². The Kier molecular flexibility index (Phi) is 7.42. The predicted molar refractivity (Wildman–Crippen MR) is 85.5 cm³/mol. The minimum Gasteiger partial charge on any atom is -0.490 e. The minimum absolute atomic E-state index is 0. The van der Waals surface area contributed by atoms with Gasteiger partial charge in [0.2, 0.25) is 5.91 Å². The largest absolute Gasteiger partial charge is 0.490 e. The molecule has 0 unspecified atom stereocenters. The minimum atomic E-state index is -0.428. The molecule has 0 saturated carbocycles. The molecular weight excluding hydrogens is 363 g/mol. The number of amides is 1. The van der Waals surface area contributed by atoms with Crippen molar-refractivity contribution in [2.24, 2.45) is 0 Å². The van der Waals surface area contributed by atoms with E-state index in [0.29, 0.717) is 11.0 Å². The molecule has 1 heterocycles. The third-order valence-corrected chi connectivity index (χ3v) is 3.78. The van der Waals surface area contributed by atoms with Crippen molar-refractivity contribution >= 4 is 34.2 Å². The molecule has 0 aliphatic carbocycles. The molecule has 1 aliphatic rings. The zero-order valence-electron chi connectivity index (χ0n) is 11.8. The first kappa shape index (κ1) is 18.2. The zero-order chi connectivity index (χ0) is 14.5. The fourth-order valence-corrected chi connectivity index (χ4v) is 2.53. The number of nitrogens with one attached hydrogen (secondary N) is 1. The number of ether oxygens (including phenoxy) is 1. The molecule has 4 nitrogen and oxygen atoms in total. The standard InChI is InChI=1S/C14H18BrFN2O2.ClH/c1-10-9-17-5-6-18(10)14(19)4-7-20-13-3-2-11(15)8-12(13)16;/h2-3,8,10,17H,4-7,9H2,1H3;1H/t10-;/m0./s1. The van der Waals surface area contributed by atoms with Gasteiger partial charge in [-0.25, -0.2) is 4.39 Å². The zero-order valence-corrected chi connectivity index (χ0v) is 14.2. The second-order valence-electron chi connectivity index (χ2n) is 4.81. The summed E-state index contributed by atoms with van der Waals surface area (Å²) in [6.45, 7) is 4.55. The van der Waals surface area contributed by atoms with Crippen molar-refractivity contribution in [2.45, 2.75) is 19.4 Å². The lowest BCUT2D eigenvalue weighted by atomic mass is 10.2. The van der Waals surface area contributed by atoms with Gasteiger partial charge < -0.3 is 15.0 Å². The molecule has 1 amide bonds. The van der Waals surface area contributed by atoms with Gasteiger partial charge in [-0.3, -0.25) is 4.79 Å². The SMILES string of the molecule is C[C@H]1CNCCN1C(=O)CCOc1ccc(Br)cc1F.Cl. The van der Waals surface area contributed by atoms with Crippen molar-refractivity contribution in [3.63, 3.8) is 0 Å². The molecule has 1 atom stereocenters. The molecule has 1 N–H and O–H groups in total. The summed E-state index contributed by atoms with van der Waals surface area (Å²) >= 11 is 3.18. The number of piperazine rings is 1. The summed E-state index contributed by atoms with van der Waals surface area (Å²) in [6.07, 6.45) is 0.264. The van der Waals surface area contributed by atoms with Crippen LogP contribution in [0.1, 0.15) is 13.3 Å². The highest BCUT2D eigenvalue weighted by atomic mass is 79.9. The fraction of sp³-hybridized carbons (Fsp3) is 0.500. The topological polar surface area (TPSA) is 41.6 Å². The number of carbonyl (C=O) groups is 1. The summed E-state index contributed by atoms with van der Waals surface area (Å²) < 4.78 is 19.5. The molecule has 0 radical (unpaired) electrons. The molecule has 2 rings (SSSR count). The number of halogens is 3. The summed E-state index contributed by atoms with van der Waals surface area (Å²) in [5, 5.41) is 3.23. The summed E-state index contributed by atoms with van der Waals surface area (Å²) in [6, 6.07) is 4.80. The first-order chi connectivity index (χ1) is 9.58. The number of rotatable bonds is 4. The summed E-state index contributed by atoms with van der Waals surface area (Å²) in [5.41, 5.74) is 0. The average molecular weight is 382 g/mol. The summed E-state index contributed by atoms with van der Waals surface area (Å²) in [7, 11) is 0. The lowest BCUT2D eigenvalue weighted by molar-refractivity contribution is -0.134. The van der Waals surface area contributed by atoms with E-state index in [9.17, 15) is 9.18 Å². The van der Waals surface area contributed by atoms with Crippen LogP contribution in [0.5, 0.6) is 5.75 Å². The molecule has 0 bridgehead atoms. The fourth-order valence-electron chi connectivity index (χ4n) is 2.20. The summed E-state index contributed by atoms with van der Waals surface area (Å²) in [5.74, 6) is -0.201. The maximum Gasteiger partial charge on any atom is 0.226 e. The number of hydrogen-bond acceptors (Lipinski definition) is 3. The van der Waals surface area contributed by atoms with Gasteiger partial charge in [0.25, 0.3) is 0 Å². The van der Waals surface area contributed by atoms with Crippen molar-refractivity contribution in [1.82, 2.24) is 10.2 Å². The molecular formula is C14H19BrClFN2O2. The number of hydrogen-bond donors (Lipinski definition) is 1. The molecule has 7 heteroatoms. The maximum absolute atomic E-state index is 13.5. The van der Waals surface area contributed by atoms with E-state index in [1.165, 1.54) is 6.07 Å². The van der Waals surface area contributed by atoms with Crippen LogP contribution in [0.25, 0.3) is 0 Å². The monoisotopic (exact) mass is 380 g/mol. The number of benzene rings is 1. The molecule has 1 aliphatic heterocycles. The molecule has 1 aromatic rings. The van der Waals surface area contributed by atoms with E-state index in [1.54, 1.807) is 12.1 Å². The van der Waals surface area contributed by atoms with Gasteiger partial charge in [-0.1, -0.05) is 15.9 Å². The van der Waals surface area contributed by atoms with Gasteiger partial charge in [-0.05, 0) is 25.1 Å². The molecule has 118 valence electrons. The summed E-state index contributed by atoms with van der Waals surface area (Å²) in [4.78, 5) is 13.9.